The minimum absolute atomic E-state index is 0.251. The molecule has 0 saturated carbocycles. The molecular formula is C46H85NO13. The first kappa shape index (κ1) is 54.6. The number of nitrogens with one attached hydrogen (secondary N) is 1. The second-order valence-electron chi connectivity index (χ2n) is 16.9. The Labute approximate surface area is 360 Å². The molecule has 12 atom stereocenters. The molecule has 0 aromatic rings. The van der Waals surface area contributed by atoms with E-state index in [9.17, 15) is 45.6 Å². The van der Waals surface area contributed by atoms with Gasteiger partial charge in [-0.3, -0.25) is 4.79 Å². The lowest BCUT2D eigenvalue weighted by atomic mass is 9.97. The Kier molecular flexibility index (Phi) is 30.9. The van der Waals surface area contributed by atoms with Crippen LogP contribution in [0.2, 0.25) is 0 Å². The van der Waals surface area contributed by atoms with E-state index < -0.39 is 86.8 Å². The predicted molar refractivity (Wildman–Crippen MR) is 231 cm³/mol. The van der Waals surface area contributed by atoms with Crippen molar-refractivity contribution in [3.8, 4) is 0 Å². The van der Waals surface area contributed by atoms with Crippen molar-refractivity contribution in [1.29, 1.82) is 0 Å². The number of ether oxygens (including phenoxy) is 4. The maximum atomic E-state index is 13.1. The van der Waals surface area contributed by atoms with Gasteiger partial charge in [-0.1, -0.05) is 154 Å². The lowest BCUT2D eigenvalue weighted by molar-refractivity contribution is -0.359. The van der Waals surface area contributed by atoms with Crippen LogP contribution < -0.4 is 5.32 Å². The van der Waals surface area contributed by atoms with Crippen molar-refractivity contribution in [2.24, 2.45) is 0 Å². The summed E-state index contributed by atoms with van der Waals surface area (Å²) in [5.41, 5.74) is 0. The number of aliphatic hydroxyl groups excluding tert-OH is 8. The van der Waals surface area contributed by atoms with Crippen molar-refractivity contribution < 1.29 is 64.6 Å². The Bertz CT molecular complexity index is 1110. The van der Waals surface area contributed by atoms with Crippen LogP contribution >= 0.6 is 0 Å². The summed E-state index contributed by atoms with van der Waals surface area (Å²) in [6.45, 7) is 2.72. The molecule has 0 bridgehead atoms. The average molecular weight is 860 g/mol. The first-order chi connectivity index (χ1) is 29.1. The van der Waals surface area contributed by atoms with Gasteiger partial charge in [-0.25, -0.2) is 0 Å². The molecule has 0 aromatic heterocycles. The lowest BCUT2D eigenvalue weighted by Gasteiger charge is -2.46. The van der Waals surface area contributed by atoms with Crippen molar-refractivity contribution in [2.75, 3.05) is 19.8 Å². The van der Waals surface area contributed by atoms with E-state index in [-0.39, 0.29) is 18.9 Å². The maximum absolute atomic E-state index is 13.1. The molecular weight excluding hydrogens is 774 g/mol. The first-order valence-electron chi connectivity index (χ1n) is 23.6. The summed E-state index contributed by atoms with van der Waals surface area (Å²) in [6.07, 6.45) is 18.0. The number of carbonyl (C=O) groups is 1. The zero-order valence-corrected chi connectivity index (χ0v) is 36.9. The molecule has 2 rings (SSSR count). The third kappa shape index (κ3) is 21.7. The van der Waals surface area contributed by atoms with Crippen LogP contribution in [0.15, 0.2) is 24.3 Å². The van der Waals surface area contributed by atoms with E-state index in [2.05, 4.69) is 31.3 Å². The molecule has 2 aliphatic rings. The van der Waals surface area contributed by atoms with E-state index in [0.29, 0.717) is 12.8 Å². The summed E-state index contributed by atoms with van der Waals surface area (Å²) in [4.78, 5) is 13.1. The van der Waals surface area contributed by atoms with Crippen LogP contribution in [0.4, 0.5) is 0 Å². The fourth-order valence-electron chi connectivity index (χ4n) is 7.72. The minimum atomic E-state index is -1.79. The van der Waals surface area contributed by atoms with Crippen LogP contribution in [0.25, 0.3) is 0 Å². The highest BCUT2D eigenvalue weighted by molar-refractivity contribution is 5.76. The van der Waals surface area contributed by atoms with Crippen LogP contribution in [0.1, 0.15) is 168 Å². The van der Waals surface area contributed by atoms with E-state index in [1.807, 2.05) is 6.08 Å². The number of amides is 1. The number of unbranched alkanes of at least 4 members (excludes halogenated alkanes) is 20. The molecule has 1 amide bonds. The van der Waals surface area contributed by atoms with Gasteiger partial charge in [0, 0.05) is 6.42 Å². The van der Waals surface area contributed by atoms with Gasteiger partial charge in [-0.2, -0.15) is 0 Å². The number of hydrogen-bond donors (Lipinski definition) is 9. The molecule has 12 unspecified atom stereocenters. The summed E-state index contributed by atoms with van der Waals surface area (Å²) < 4.78 is 22.6. The number of aliphatic hydroxyl groups is 8. The second-order valence-corrected chi connectivity index (χ2v) is 16.9. The summed E-state index contributed by atoms with van der Waals surface area (Å²) in [5, 5.41) is 86.4. The average Bonchev–Trinajstić information content (AvgIpc) is 3.24. The molecule has 2 saturated heterocycles. The molecule has 0 aromatic carbocycles. The van der Waals surface area contributed by atoms with Crippen LogP contribution in [0.5, 0.6) is 0 Å². The van der Waals surface area contributed by atoms with Crippen molar-refractivity contribution >= 4 is 5.91 Å². The number of hydrogen-bond acceptors (Lipinski definition) is 13. The molecule has 2 fully saturated rings. The van der Waals surface area contributed by atoms with E-state index in [0.717, 1.165) is 32.1 Å². The highest BCUT2D eigenvalue weighted by atomic mass is 16.7. The van der Waals surface area contributed by atoms with Crippen LogP contribution in [0, 0.1) is 0 Å². The van der Waals surface area contributed by atoms with Gasteiger partial charge in [0.2, 0.25) is 5.91 Å². The largest absolute Gasteiger partial charge is 0.394 e. The fraction of sp³-hybridized carbons (Fsp3) is 0.891. The zero-order chi connectivity index (χ0) is 44.0. The summed E-state index contributed by atoms with van der Waals surface area (Å²) in [5.74, 6) is -0.251. The Balaban J connectivity index is 1.89. The van der Waals surface area contributed by atoms with Gasteiger partial charge in [-0.15, -0.1) is 0 Å². The normalized spacial score (nSPS) is 28.4. The van der Waals surface area contributed by atoms with Crippen LogP contribution in [0.3, 0.4) is 0 Å². The molecule has 2 heterocycles. The van der Waals surface area contributed by atoms with E-state index in [4.69, 9.17) is 18.9 Å². The maximum Gasteiger partial charge on any atom is 0.220 e. The fourth-order valence-corrected chi connectivity index (χ4v) is 7.72. The van der Waals surface area contributed by atoms with Crippen molar-refractivity contribution in [3.05, 3.63) is 24.3 Å². The monoisotopic (exact) mass is 860 g/mol. The molecule has 9 N–H and O–H groups in total. The first-order valence-corrected chi connectivity index (χ1v) is 23.6. The standard InChI is InChI=1S/C46H85NO13/c1-3-5-7-9-11-13-15-16-17-18-20-22-24-26-28-30-38(51)47-34(35(50)29-27-25-23-21-19-14-12-10-8-6-4-2)33-57-45-43(56)41(54)44(37(32-49)59-45)60-46-42(55)40(53)39(52)36(31-48)58-46/h19,21,27,29,34-37,39-46,48-50,52-56H,3-18,20,22-26,28,30-33H2,1-2H3,(H,47,51)/b21-19+,29-27+. The molecule has 14 nitrogen and oxygen atoms in total. The molecule has 14 heteroatoms. The summed E-state index contributed by atoms with van der Waals surface area (Å²) >= 11 is 0. The van der Waals surface area contributed by atoms with Crippen molar-refractivity contribution in [3.63, 3.8) is 0 Å². The highest BCUT2D eigenvalue weighted by Gasteiger charge is 2.50. The third-order valence-corrected chi connectivity index (χ3v) is 11.6. The van der Waals surface area contributed by atoms with E-state index >= 15 is 0 Å². The molecule has 60 heavy (non-hydrogen) atoms. The topological polar surface area (TPSA) is 228 Å². The molecule has 0 spiro atoms. The van der Waals surface area contributed by atoms with E-state index in [1.54, 1.807) is 6.08 Å². The number of allylic oxidation sites excluding steroid dienone is 3. The summed E-state index contributed by atoms with van der Waals surface area (Å²) in [7, 11) is 0. The van der Waals surface area contributed by atoms with Gasteiger partial charge in [0.15, 0.2) is 12.6 Å². The second kappa shape index (κ2) is 34.0. The van der Waals surface area contributed by atoms with Crippen LogP contribution in [-0.2, 0) is 23.7 Å². The Morgan fingerprint density at radius 1 is 0.583 bits per heavy atom. The SMILES string of the molecule is CCCCCCC/C=C/CC/C=C/C(O)C(COC1OC(CO)C(OC2OC(CO)C(O)C(O)C2O)C(O)C1O)NC(=O)CCCCCCCCCCCCCCCCC. The van der Waals surface area contributed by atoms with Crippen molar-refractivity contribution in [2.45, 2.75) is 242 Å². The Morgan fingerprint density at radius 3 is 1.63 bits per heavy atom. The number of carbonyl (C=O) groups excluding carboxylic acids is 1. The molecule has 0 aliphatic carbocycles. The van der Waals surface area contributed by atoms with Gasteiger partial charge in [0.05, 0.1) is 32.0 Å². The number of rotatable bonds is 35. The molecule has 352 valence electrons. The minimum Gasteiger partial charge on any atom is -0.394 e. The van der Waals surface area contributed by atoms with E-state index in [1.165, 1.54) is 103 Å². The molecule has 0 radical (unpaired) electrons. The Morgan fingerprint density at radius 2 is 1.07 bits per heavy atom. The van der Waals surface area contributed by atoms with Gasteiger partial charge in [-0.05, 0) is 32.1 Å². The van der Waals surface area contributed by atoms with Gasteiger partial charge in [0.25, 0.3) is 0 Å². The smallest absolute Gasteiger partial charge is 0.220 e. The predicted octanol–water partition coefficient (Wildman–Crippen LogP) is 4.99. The Hall–Kier alpha value is -1.53. The third-order valence-electron chi connectivity index (χ3n) is 11.6. The van der Waals surface area contributed by atoms with Gasteiger partial charge < -0.3 is 65.1 Å². The lowest BCUT2D eigenvalue weighted by Crippen LogP contribution is -2.65. The summed E-state index contributed by atoms with van der Waals surface area (Å²) in [6, 6.07) is -0.924. The zero-order valence-electron chi connectivity index (χ0n) is 36.9. The van der Waals surface area contributed by atoms with Gasteiger partial charge in [0.1, 0.15) is 48.8 Å². The van der Waals surface area contributed by atoms with Crippen molar-refractivity contribution in [1.82, 2.24) is 5.32 Å². The van der Waals surface area contributed by atoms with Crippen LogP contribution in [-0.4, -0.2) is 140 Å². The molecule has 2 aliphatic heterocycles. The quantitative estimate of drug-likeness (QED) is 0.0303. The van der Waals surface area contributed by atoms with Gasteiger partial charge >= 0.3 is 0 Å². The highest BCUT2D eigenvalue weighted by Crippen LogP contribution is 2.30.